The molecule has 2 N–H and O–H groups in total. The molecule has 0 saturated carbocycles. The third-order valence-electron chi connectivity index (χ3n) is 4.55. The van der Waals surface area contributed by atoms with Crippen molar-refractivity contribution in [2.45, 2.75) is 65.3 Å². The first-order valence-electron chi connectivity index (χ1n) is 9.36. The van der Waals surface area contributed by atoms with Gasteiger partial charge in [0.1, 0.15) is 5.76 Å². The lowest BCUT2D eigenvalue weighted by molar-refractivity contribution is 0.500. The van der Waals surface area contributed by atoms with E-state index < -0.39 is 0 Å². The summed E-state index contributed by atoms with van der Waals surface area (Å²) in [5.74, 6) is 0.325. The predicted octanol–water partition coefficient (Wildman–Crippen LogP) is 6.68. The van der Waals surface area contributed by atoms with E-state index in [1.807, 2.05) is 43.3 Å². The number of rotatable bonds is 4. The van der Waals surface area contributed by atoms with E-state index in [0.29, 0.717) is 5.76 Å². The number of hydrogen-bond acceptors (Lipinski definition) is 2. The molecule has 0 fully saturated rings. The molecule has 26 heavy (non-hydrogen) atoms. The molecule has 2 rings (SSSR count). The van der Waals surface area contributed by atoms with Crippen LogP contribution in [0, 0.1) is 0 Å². The number of para-hydroxylation sites is 1. The van der Waals surface area contributed by atoms with Crippen molar-refractivity contribution in [2.75, 3.05) is 5.32 Å². The molecule has 140 valence electrons. The van der Waals surface area contributed by atoms with Gasteiger partial charge in [0, 0.05) is 17.3 Å². The average Bonchev–Trinajstić information content (AvgIpc) is 2.53. The smallest absolute Gasteiger partial charge is 0.121 e. The van der Waals surface area contributed by atoms with Gasteiger partial charge in [-0.25, -0.2) is 0 Å². The number of benzene rings is 2. The van der Waals surface area contributed by atoms with E-state index in [0.717, 1.165) is 11.3 Å². The van der Waals surface area contributed by atoms with Gasteiger partial charge in [0.2, 0.25) is 0 Å². The van der Waals surface area contributed by atoms with Crippen molar-refractivity contribution < 1.29 is 5.11 Å². The van der Waals surface area contributed by atoms with Crippen LogP contribution in [0.15, 0.2) is 54.6 Å². The molecular weight excluding hydrogens is 318 g/mol. The van der Waals surface area contributed by atoms with Crippen LogP contribution in [-0.2, 0) is 10.8 Å². The van der Waals surface area contributed by atoms with Gasteiger partial charge in [-0.2, -0.15) is 0 Å². The van der Waals surface area contributed by atoms with Crippen molar-refractivity contribution in [3.63, 3.8) is 0 Å². The first kappa shape index (κ1) is 20.1. The Labute approximate surface area is 159 Å². The van der Waals surface area contributed by atoms with Gasteiger partial charge in [0.05, 0.1) is 0 Å². The molecule has 1 atom stereocenters. The first-order valence-corrected chi connectivity index (χ1v) is 9.36. The Morgan fingerprint density at radius 2 is 1.54 bits per heavy atom. The number of anilines is 1. The SMILES string of the molecule is CC(/C=C(\O)c1ccc(C(C)(C)C)cc1C(C)(C)C)Nc1ccccc1. The number of hydrogen-bond donors (Lipinski definition) is 2. The highest BCUT2D eigenvalue weighted by atomic mass is 16.3. The van der Waals surface area contributed by atoms with Crippen LogP contribution in [0.4, 0.5) is 5.69 Å². The normalized spacial score (nSPS) is 14.2. The second kappa shape index (κ2) is 7.57. The van der Waals surface area contributed by atoms with Gasteiger partial charge in [-0.1, -0.05) is 77.9 Å². The summed E-state index contributed by atoms with van der Waals surface area (Å²) in [6.45, 7) is 15.3. The van der Waals surface area contributed by atoms with Gasteiger partial charge in [-0.3, -0.25) is 0 Å². The molecule has 2 aromatic carbocycles. The minimum atomic E-state index is -0.0471. The lowest BCUT2D eigenvalue weighted by Gasteiger charge is -2.27. The standard InChI is InChI=1S/C24H33NO/c1-17(25-19-11-9-8-10-12-19)15-22(26)20-14-13-18(23(2,3)4)16-21(20)24(5,6)7/h8-17,25-26H,1-7H3/b22-15-. The van der Waals surface area contributed by atoms with Crippen molar-refractivity contribution in [1.82, 2.24) is 0 Å². The summed E-state index contributed by atoms with van der Waals surface area (Å²) < 4.78 is 0. The molecule has 0 bridgehead atoms. The molecule has 0 radical (unpaired) electrons. The summed E-state index contributed by atoms with van der Waals surface area (Å²) in [5, 5.41) is 14.2. The molecule has 0 amide bonds. The quantitative estimate of drug-likeness (QED) is 0.602. The van der Waals surface area contributed by atoms with E-state index >= 15 is 0 Å². The highest BCUT2D eigenvalue weighted by molar-refractivity contribution is 5.65. The van der Waals surface area contributed by atoms with Crippen LogP contribution in [-0.4, -0.2) is 11.1 Å². The van der Waals surface area contributed by atoms with E-state index in [4.69, 9.17) is 0 Å². The van der Waals surface area contributed by atoms with Gasteiger partial charge in [0.25, 0.3) is 0 Å². The topological polar surface area (TPSA) is 32.3 Å². The maximum Gasteiger partial charge on any atom is 0.121 e. The van der Waals surface area contributed by atoms with Gasteiger partial charge in [0.15, 0.2) is 0 Å². The molecule has 1 unspecified atom stereocenters. The zero-order chi connectivity index (χ0) is 19.5. The van der Waals surface area contributed by atoms with Gasteiger partial charge in [-0.15, -0.1) is 0 Å². The summed E-state index contributed by atoms with van der Waals surface area (Å²) in [4.78, 5) is 0. The monoisotopic (exact) mass is 351 g/mol. The lowest BCUT2D eigenvalue weighted by Crippen LogP contribution is -2.19. The van der Waals surface area contributed by atoms with Crippen molar-refractivity contribution in [1.29, 1.82) is 0 Å². The molecule has 0 heterocycles. The third kappa shape index (κ3) is 5.14. The zero-order valence-electron chi connectivity index (χ0n) is 17.2. The Kier molecular flexibility index (Phi) is 5.85. The van der Waals surface area contributed by atoms with E-state index in [2.05, 4.69) is 65.1 Å². The molecule has 0 aliphatic carbocycles. The fourth-order valence-corrected chi connectivity index (χ4v) is 3.02. The number of aliphatic hydroxyl groups is 1. The van der Waals surface area contributed by atoms with Crippen LogP contribution in [0.5, 0.6) is 0 Å². The second-order valence-electron chi connectivity index (χ2n) is 9.11. The molecule has 0 saturated heterocycles. The lowest BCUT2D eigenvalue weighted by atomic mass is 9.78. The van der Waals surface area contributed by atoms with Crippen molar-refractivity contribution >= 4 is 11.4 Å². The average molecular weight is 352 g/mol. The Morgan fingerprint density at radius 3 is 2.08 bits per heavy atom. The second-order valence-corrected chi connectivity index (χ2v) is 9.11. The van der Waals surface area contributed by atoms with Crippen LogP contribution in [0.1, 0.15) is 65.2 Å². The molecule has 2 nitrogen and oxygen atoms in total. The molecule has 2 heteroatoms. The Bertz CT molecular complexity index is 761. The first-order chi connectivity index (χ1) is 12.0. The molecule has 0 spiro atoms. The number of nitrogens with one attached hydrogen (secondary N) is 1. The van der Waals surface area contributed by atoms with E-state index in [-0.39, 0.29) is 16.9 Å². The molecule has 0 aliphatic rings. The number of aliphatic hydroxyl groups excluding tert-OH is 1. The summed E-state index contributed by atoms with van der Waals surface area (Å²) in [5.41, 5.74) is 4.45. The highest BCUT2D eigenvalue weighted by Crippen LogP contribution is 2.34. The molecule has 0 aliphatic heterocycles. The third-order valence-corrected chi connectivity index (χ3v) is 4.55. The summed E-state index contributed by atoms with van der Waals surface area (Å²) >= 11 is 0. The summed E-state index contributed by atoms with van der Waals surface area (Å²) in [7, 11) is 0. The van der Waals surface area contributed by atoms with Crippen LogP contribution >= 0.6 is 0 Å². The minimum Gasteiger partial charge on any atom is -0.508 e. The van der Waals surface area contributed by atoms with E-state index in [1.54, 1.807) is 0 Å². The fraction of sp³-hybridized carbons (Fsp3) is 0.417. The largest absolute Gasteiger partial charge is 0.508 e. The fourth-order valence-electron chi connectivity index (χ4n) is 3.02. The summed E-state index contributed by atoms with van der Waals surface area (Å²) in [6.07, 6.45) is 1.88. The maximum absolute atomic E-state index is 10.8. The maximum atomic E-state index is 10.8. The van der Waals surface area contributed by atoms with Crippen molar-refractivity contribution in [2.24, 2.45) is 0 Å². The molecule has 2 aromatic rings. The van der Waals surface area contributed by atoms with Gasteiger partial charge < -0.3 is 10.4 Å². The summed E-state index contributed by atoms with van der Waals surface area (Å²) in [6, 6.07) is 16.5. The van der Waals surface area contributed by atoms with Crippen molar-refractivity contribution in [3.8, 4) is 0 Å². The van der Waals surface area contributed by atoms with E-state index in [1.165, 1.54) is 11.1 Å². The van der Waals surface area contributed by atoms with Gasteiger partial charge >= 0.3 is 0 Å². The highest BCUT2D eigenvalue weighted by Gasteiger charge is 2.23. The van der Waals surface area contributed by atoms with Crippen LogP contribution in [0.2, 0.25) is 0 Å². The minimum absolute atomic E-state index is 0.0208. The van der Waals surface area contributed by atoms with Crippen LogP contribution < -0.4 is 5.32 Å². The van der Waals surface area contributed by atoms with Crippen LogP contribution in [0.3, 0.4) is 0 Å². The Balaban J connectivity index is 2.36. The zero-order valence-corrected chi connectivity index (χ0v) is 17.2. The molecule has 0 aromatic heterocycles. The van der Waals surface area contributed by atoms with Crippen molar-refractivity contribution in [3.05, 3.63) is 71.3 Å². The molecular formula is C24H33NO. The van der Waals surface area contributed by atoms with E-state index in [9.17, 15) is 5.11 Å². The Hall–Kier alpha value is -2.22. The predicted molar refractivity (Wildman–Crippen MR) is 114 cm³/mol. The van der Waals surface area contributed by atoms with Crippen LogP contribution in [0.25, 0.3) is 5.76 Å². The van der Waals surface area contributed by atoms with Gasteiger partial charge in [-0.05, 0) is 47.1 Å². The Morgan fingerprint density at radius 1 is 0.923 bits per heavy atom.